The van der Waals surface area contributed by atoms with Crippen molar-refractivity contribution in [1.29, 1.82) is 0 Å². The molecule has 1 aliphatic rings. The van der Waals surface area contributed by atoms with Gasteiger partial charge in [0.15, 0.2) is 5.78 Å². The minimum absolute atomic E-state index is 0.00894. The Morgan fingerprint density at radius 2 is 1.92 bits per heavy atom. The van der Waals surface area contributed by atoms with Crippen LogP contribution in [0.3, 0.4) is 0 Å². The van der Waals surface area contributed by atoms with E-state index in [0.29, 0.717) is 30.8 Å². The number of carbonyl (C=O) groups excluding carboxylic acids is 3. The number of amides is 2. The van der Waals surface area contributed by atoms with Crippen LogP contribution in [0.25, 0.3) is 0 Å². The van der Waals surface area contributed by atoms with Crippen molar-refractivity contribution in [2.24, 2.45) is 0 Å². The Bertz CT molecular complexity index is 609. The van der Waals surface area contributed by atoms with Crippen molar-refractivity contribution >= 4 is 17.6 Å². The average Bonchev–Trinajstić information content (AvgIpc) is 2.64. The highest BCUT2D eigenvalue weighted by Crippen LogP contribution is 2.14. The van der Waals surface area contributed by atoms with Gasteiger partial charge in [-0.25, -0.2) is 0 Å². The largest absolute Gasteiger partial charge is 0.494 e. The maximum Gasteiger partial charge on any atom is 0.241 e. The third kappa shape index (κ3) is 6.57. The van der Waals surface area contributed by atoms with E-state index < -0.39 is 0 Å². The Morgan fingerprint density at radius 3 is 2.64 bits per heavy atom. The zero-order chi connectivity index (χ0) is 18.1. The summed E-state index contributed by atoms with van der Waals surface area (Å²) in [5, 5.41) is 2.67. The van der Waals surface area contributed by atoms with Crippen LogP contribution < -0.4 is 10.1 Å². The molecule has 0 radical (unpaired) electrons. The summed E-state index contributed by atoms with van der Waals surface area (Å²) >= 11 is 0. The summed E-state index contributed by atoms with van der Waals surface area (Å²) in [7, 11) is 0. The number of benzene rings is 1. The van der Waals surface area contributed by atoms with Crippen molar-refractivity contribution in [1.82, 2.24) is 10.2 Å². The van der Waals surface area contributed by atoms with E-state index in [0.717, 1.165) is 25.9 Å². The van der Waals surface area contributed by atoms with Gasteiger partial charge < -0.3 is 15.0 Å². The summed E-state index contributed by atoms with van der Waals surface area (Å²) in [6, 6.07) is 6.98. The van der Waals surface area contributed by atoms with Gasteiger partial charge in [-0.2, -0.15) is 0 Å². The normalized spacial score (nSPS) is 14.0. The van der Waals surface area contributed by atoms with Crippen molar-refractivity contribution in [2.75, 3.05) is 26.2 Å². The third-order valence-corrected chi connectivity index (χ3v) is 4.20. The Morgan fingerprint density at radius 1 is 1.16 bits per heavy atom. The van der Waals surface area contributed by atoms with Crippen LogP contribution in [0, 0.1) is 0 Å². The van der Waals surface area contributed by atoms with Crippen LogP contribution in [-0.2, 0) is 9.59 Å². The van der Waals surface area contributed by atoms with E-state index >= 15 is 0 Å². The van der Waals surface area contributed by atoms with Crippen LogP contribution in [0.1, 0.15) is 49.4 Å². The number of nitrogens with zero attached hydrogens (tertiary/aromatic N) is 1. The first kappa shape index (κ1) is 19.0. The quantitative estimate of drug-likeness (QED) is 0.578. The van der Waals surface area contributed by atoms with Gasteiger partial charge in [-0.05, 0) is 44.7 Å². The first-order valence-corrected chi connectivity index (χ1v) is 8.84. The molecular weight excluding hydrogens is 320 g/mol. The second-order valence-corrected chi connectivity index (χ2v) is 6.25. The van der Waals surface area contributed by atoms with Crippen LogP contribution in [-0.4, -0.2) is 48.7 Å². The number of rotatable bonds is 8. The van der Waals surface area contributed by atoms with Gasteiger partial charge in [0.2, 0.25) is 11.8 Å². The Kier molecular flexibility index (Phi) is 7.44. The second kappa shape index (κ2) is 9.81. The molecule has 2 rings (SSSR count). The van der Waals surface area contributed by atoms with E-state index in [-0.39, 0.29) is 24.1 Å². The zero-order valence-corrected chi connectivity index (χ0v) is 14.8. The highest BCUT2D eigenvalue weighted by Gasteiger charge is 2.16. The number of Topliss-reactive ketones (excluding diaryl/α,β-unsaturated/α-hetero) is 1. The summed E-state index contributed by atoms with van der Waals surface area (Å²) in [4.78, 5) is 36.9. The van der Waals surface area contributed by atoms with Crippen molar-refractivity contribution in [3.63, 3.8) is 0 Å². The van der Waals surface area contributed by atoms with Crippen molar-refractivity contribution in [3.05, 3.63) is 29.8 Å². The summed E-state index contributed by atoms with van der Waals surface area (Å²) in [5.41, 5.74) is 0.603. The maximum atomic E-state index is 12.0. The molecule has 0 aliphatic carbocycles. The minimum Gasteiger partial charge on any atom is -0.494 e. The smallest absolute Gasteiger partial charge is 0.241 e. The van der Waals surface area contributed by atoms with Gasteiger partial charge >= 0.3 is 0 Å². The van der Waals surface area contributed by atoms with Gasteiger partial charge in [0, 0.05) is 25.1 Å². The SMILES string of the molecule is CC(=O)c1cccc(OCCCC(=O)NCC(=O)N2CCCCC2)c1. The number of hydrogen-bond donors (Lipinski definition) is 1. The molecule has 1 N–H and O–H groups in total. The minimum atomic E-state index is -0.147. The van der Waals surface area contributed by atoms with Crippen molar-refractivity contribution in [2.45, 2.75) is 39.0 Å². The molecule has 0 spiro atoms. The van der Waals surface area contributed by atoms with Crippen LogP contribution in [0.15, 0.2) is 24.3 Å². The summed E-state index contributed by atoms with van der Waals surface area (Å²) in [5.74, 6) is 0.452. The molecule has 0 saturated carbocycles. The average molecular weight is 346 g/mol. The predicted octanol–water partition coefficient (Wildman–Crippen LogP) is 2.18. The van der Waals surface area contributed by atoms with Gasteiger partial charge in [0.05, 0.1) is 13.2 Å². The third-order valence-electron chi connectivity index (χ3n) is 4.20. The number of likely N-dealkylation sites (tertiary alicyclic amines) is 1. The molecule has 6 heteroatoms. The molecule has 0 aromatic heterocycles. The van der Waals surface area contributed by atoms with E-state index in [9.17, 15) is 14.4 Å². The Labute approximate surface area is 148 Å². The van der Waals surface area contributed by atoms with Crippen LogP contribution in [0.2, 0.25) is 0 Å². The van der Waals surface area contributed by atoms with E-state index in [2.05, 4.69) is 5.32 Å². The lowest BCUT2D eigenvalue weighted by Gasteiger charge is -2.26. The molecule has 1 saturated heterocycles. The lowest BCUT2D eigenvalue weighted by atomic mass is 10.1. The second-order valence-electron chi connectivity index (χ2n) is 6.25. The van der Waals surface area contributed by atoms with E-state index in [1.807, 2.05) is 4.90 Å². The number of nitrogens with one attached hydrogen (secondary N) is 1. The lowest BCUT2D eigenvalue weighted by molar-refractivity contribution is -0.133. The number of hydrogen-bond acceptors (Lipinski definition) is 4. The number of ketones is 1. The zero-order valence-electron chi connectivity index (χ0n) is 14.8. The number of ether oxygens (including phenoxy) is 1. The van der Waals surface area contributed by atoms with Gasteiger partial charge in [0.25, 0.3) is 0 Å². The molecule has 0 bridgehead atoms. The van der Waals surface area contributed by atoms with Gasteiger partial charge in [-0.3, -0.25) is 14.4 Å². The molecule has 0 unspecified atom stereocenters. The first-order valence-electron chi connectivity index (χ1n) is 8.84. The predicted molar refractivity (Wildman–Crippen MR) is 94.6 cm³/mol. The fourth-order valence-corrected chi connectivity index (χ4v) is 2.75. The fraction of sp³-hybridized carbons (Fsp3) is 0.526. The number of carbonyl (C=O) groups is 3. The molecule has 1 aliphatic heterocycles. The molecule has 136 valence electrons. The standard InChI is InChI=1S/C19H26N2O4/c1-15(22)16-7-5-8-17(13-16)25-12-6-9-18(23)20-14-19(24)21-10-3-2-4-11-21/h5,7-8,13H,2-4,6,9-12,14H2,1H3,(H,20,23). The van der Waals surface area contributed by atoms with Crippen molar-refractivity contribution in [3.8, 4) is 5.75 Å². The van der Waals surface area contributed by atoms with E-state index in [1.54, 1.807) is 24.3 Å². The first-order chi connectivity index (χ1) is 12.1. The molecule has 1 aromatic carbocycles. The van der Waals surface area contributed by atoms with Crippen molar-refractivity contribution < 1.29 is 19.1 Å². The van der Waals surface area contributed by atoms with Gasteiger partial charge in [-0.15, -0.1) is 0 Å². The molecule has 1 fully saturated rings. The molecule has 25 heavy (non-hydrogen) atoms. The highest BCUT2D eigenvalue weighted by atomic mass is 16.5. The Hall–Kier alpha value is -2.37. The van der Waals surface area contributed by atoms with E-state index in [4.69, 9.17) is 4.74 Å². The lowest BCUT2D eigenvalue weighted by Crippen LogP contribution is -2.42. The molecular formula is C19H26N2O4. The fourth-order valence-electron chi connectivity index (χ4n) is 2.75. The Balaban J connectivity index is 1.61. The molecule has 0 atom stereocenters. The van der Waals surface area contributed by atoms with Gasteiger partial charge in [0.1, 0.15) is 5.75 Å². The monoisotopic (exact) mass is 346 g/mol. The molecule has 6 nitrogen and oxygen atoms in total. The number of piperidine rings is 1. The highest BCUT2D eigenvalue weighted by molar-refractivity contribution is 5.94. The van der Waals surface area contributed by atoms with Crippen LogP contribution in [0.5, 0.6) is 5.75 Å². The van der Waals surface area contributed by atoms with Crippen LogP contribution >= 0.6 is 0 Å². The molecule has 1 aromatic rings. The summed E-state index contributed by atoms with van der Waals surface area (Å²) < 4.78 is 5.56. The van der Waals surface area contributed by atoms with E-state index in [1.165, 1.54) is 13.3 Å². The topological polar surface area (TPSA) is 75.7 Å². The summed E-state index contributed by atoms with van der Waals surface area (Å²) in [6.45, 7) is 3.55. The molecule has 1 heterocycles. The van der Waals surface area contributed by atoms with Gasteiger partial charge in [-0.1, -0.05) is 12.1 Å². The molecule has 2 amide bonds. The summed E-state index contributed by atoms with van der Waals surface area (Å²) in [6.07, 6.45) is 4.11. The maximum absolute atomic E-state index is 12.0. The van der Waals surface area contributed by atoms with Crippen LogP contribution in [0.4, 0.5) is 0 Å².